The van der Waals surface area contributed by atoms with E-state index < -0.39 is 5.82 Å². The van der Waals surface area contributed by atoms with Crippen LogP contribution >= 0.6 is 11.6 Å². The Morgan fingerprint density at radius 2 is 1.81 bits per heavy atom. The Labute approximate surface area is 158 Å². The molecule has 136 valence electrons. The van der Waals surface area contributed by atoms with E-state index in [1.165, 1.54) is 16.7 Å². The normalized spacial score (nSPS) is 11.2. The van der Waals surface area contributed by atoms with Gasteiger partial charge in [0.05, 0.1) is 11.0 Å². The molecule has 0 atom stereocenters. The Morgan fingerprint density at radius 1 is 1.04 bits per heavy atom. The second kappa shape index (κ2) is 6.89. The second-order valence-corrected chi connectivity index (χ2v) is 6.63. The van der Waals surface area contributed by atoms with Crippen LogP contribution in [0.25, 0.3) is 16.6 Å². The van der Waals surface area contributed by atoms with E-state index in [-0.39, 0.29) is 18.0 Å². The first-order valence-electron chi connectivity index (χ1n) is 8.33. The maximum absolute atomic E-state index is 13.8. The number of halogens is 2. The zero-order valence-corrected chi connectivity index (χ0v) is 14.9. The highest BCUT2D eigenvalue weighted by Gasteiger charge is 2.14. The number of hydrogen-bond donors (Lipinski definition) is 1. The van der Waals surface area contributed by atoms with Gasteiger partial charge in [0.1, 0.15) is 17.9 Å². The van der Waals surface area contributed by atoms with Gasteiger partial charge in [0.25, 0.3) is 5.56 Å². The molecule has 0 saturated heterocycles. The minimum atomic E-state index is -0.469. The fourth-order valence-electron chi connectivity index (χ4n) is 3.09. The van der Waals surface area contributed by atoms with Gasteiger partial charge < -0.3 is 9.72 Å². The van der Waals surface area contributed by atoms with Crippen molar-refractivity contribution in [3.63, 3.8) is 0 Å². The molecule has 1 N–H and O–H groups in total. The maximum atomic E-state index is 13.8. The van der Waals surface area contributed by atoms with Gasteiger partial charge in [-0.15, -0.1) is 0 Å². The van der Waals surface area contributed by atoms with Gasteiger partial charge in [-0.25, -0.2) is 4.39 Å². The summed E-state index contributed by atoms with van der Waals surface area (Å²) in [7, 11) is 0. The second-order valence-electron chi connectivity index (χ2n) is 6.19. The molecule has 0 fully saturated rings. The van der Waals surface area contributed by atoms with Gasteiger partial charge in [0, 0.05) is 17.8 Å². The van der Waals surface area contributed by atoms with Crippen molar-refractivity contribution in [1.29, 1.82) is 0 Å². The van der Waals surface area contributed by atoms with E-state index >= 15 is 0 Å². The predicted molar refractivity (Wildman–Crippen MR) is 102 cm³/mol. The maximum Gasteiger partial charge on any atom is 0.275 e. The highest BCUT2D eigenvalue weighted by atomic mass is 35.5. The number of aromatic nitrogens is 2. The molecule has 0 aliphatic heterocycles. The molecule has 0 radical (unpaired) electrons. The van der Waals surface area contributed by atoms with E-state index in [0.717, 1.165) is 5.56 Å². The molecular formula is C20H15ClFN3O2. The van der Waals surface area contributed by atoms with Gasteiger partial charge in [0.15, 0.2) is 0 Å². The molecule has 5 nitrogen and oxygen atoms in total. The van der Waals surface area contributed by atoms with Crippen LogP contribution in [-0.4, -0.2) is 14.9 Å². The highest BCUT2D eigenvalue weighted by molar-refractivity contribution is 6.30. The smallest absolute Gasteiger partial charge is 0.275 e. The van der Waals surface area contributed by atoms with Crippen LogP contribution in [0.3, 0.4) is 0 Å². The number of amides is 1. The first-order chi connectivity index (χ1) is 13.0. The van der Waals surface area contributed by atoms with E-state index in [9.17, 15) is 14.0 Å². The van der Waals surface area contributed by atoms with Crippen LogP contribution in [0.5, 0.6) is 0 Å². The Kier molecular flexibility index (Phi) is 4.41. The van der Waals surface area contributed by atoms with Crippen LogP contribution in [0.15, 0.2) is 65.6 Å². The average molecular weight is 384 g/mol. The standard InChI is InChI=1S/C20H15ClFN3O2/c21-14-5-3-13(4-6-14)11-23-19(26)12-25-18-10-15(22)7-8-16(18)24-9-1-2-17(24)20(25)27/h1-10H,11-12H2,(H,23,26). The number of nitrogens with zero attached hydrogens (tertiary/aromatic N) is 2. The summed E-state index contributed by atoms with van der Waals surface area (Å²) < 4.78 is 16.8. The Morgan fingerprint density at radius 3 is 2.59 bits per heavy atom. The first-order valence-corrected chi connectivity index (χ1v) is 8.71. The highest BCUT2D eigenvalue weighted by Crippen LogP contribution is 2.17. The van der Waals surface area contributed by atoms with Crippen molar-refractivity contribution in [2.75, 3.05) is 0 Å². The lowest BCUT2D eigenvalue weighted by atomic mass is 10.2. The molecule has 4 rings (SSSR count). The molecule has 2 aromatic carbocycles. The summed E-state index contributed by atoms with van der Waals surface area (Å²) in [4.78, 5) is 25.2. The molecule has 0 aliphatic carbocycles. The van der Waals surface area contributed by atoms with Gasteiger partial charge in [-0.05, 0) is 48.0 Å². The zero-order chi connectivity index (χ0) is 19.0. The van der Waals surface area contributed by atoms with Crippen molar-refractivity contribution in [2.45, 2.75) is 13.1 Å². The topological polar surface area (TPSA) is 55.5 Å². The molecule has 0 spiro atoms. The summed E-state index contributed by atoms with van der Waals surface area (Å²) in [5, 5.41) is 3.39. The van der Waals surface area contributed by atoms with Crippen molar-refractivity contribution >= 4 is 34.1 Å². The largest absolute Gasteiger partial charge is 0.350 e. The van der Waals surface area contributed by atoms with Gasteiger partial charge in [0.2, 0.25) is 5.91 Å². The number of nitrogens with one attached hydrogen (secondary N) is 1. The van der Waals surface area contributed by atoms with E-state index in [2.05, 4.69) is 5.32 Å². The van der Waals surface area contributed by atoms with Crippen LogP contribution in [0.1, 0.15) is 5.56 Å². The number of fused-ring (bicyclic) bond motifs is 3. The van der Waals surface area contributed by atoms with Gasteiger partial charge >= 0.3 is 0 Å². The van der Waals surface area contributed by atoms with E-state index in [1.54, 1.807) is 40.9 Å². The number of carbonyl (C=O) groups is 1. The molecule has 0 unspecified atom stereocenters. The fraction of sp³-hybridized carbons (Fsp3) is 0.100. The molecule has 2 aromatic heterocycles. The van der Waals surface area contributed by atoms with Crippen molar-refractivity contribution in [3.05, 3.63) is 87.6 Å². The minimum Gasteiger partial charge on any atom is -0.350 e. The summed E-state index contributed by atoms with van der Waals surface area (Å²) >= 11 is 5.85. The summed E-state index contributed by atoms with van der Waals surface area (Å²) in [6, 6.07) is 14.7. The number of carbonyl (C=O) groups excluding carboxylic acids is 1. The van der Waals surface area contributed by atoms with Crippen molar-refractivity contribution in [1.82, 2.24) is 14.3 Å². The zero-order valence-electron chi connectivity index (χ0n) is 14.2. The lowest BCUT2D eigenvalue weighted by Crippen LogP contribution is -2.33. The fourth-order valence-corrected chi connectivity index (χ4v) is 3.21. The quantitative estimate of drug-likeness (QED) is 0.587. The molecule has 27 heavy (non-hydrogen) atoms. The van der Waals surface area contributed by atoms with Crippen LogP contribution in [0.4, 0.5) is 4.39 Å². The lowest BCUT2D eigenvalue weighted by molar-refractivity contribution is -0.121. The summed E-state index contributed by atoms with van der Waals surface area (Å²) in [6.45, 7) is 0.110. The van der Waals surface area contributed by atoms with Gasteiger partial charge in [-0.1, -0.05) is 23.7 Å². The Bertz CT molecular complexity index is 1210. The van der Waals surface area contributed by atoms with Crippen LogP contribution < -0.4 is 10.9 Å². The first kappa shape index (κ1) is 17.3. The summed E-state index contributed by atoms with van der Waals surface area (Å²) in [5.74, 6) is -0.808. The Balaban J connectivity index is 1.66. The number of hydrogen-bond acceptors (Lipinski definition) is 2. The summed E-state index contributed by atoms with van der Waals surface area (Å²) in [6.07, 6.45) is 1.74. The minimum absolute atomic E-state index is 0.200. The van der Waals surface area contributed by atoms with Crippen LogP contribution in [-0.2, 0) is 17.9 Å². The lowest BCUT2D eigenvalue weighted by Gasteiger charge is -2.13. The van der Waals surface area contributed by atoms with Crippen LogP contribution in [0, 0.1) is 5.82 Å². The van der Waals surface area contributed by atoms with E-state index in [0.29, 0.717) is 28.1 Å². The third kappa shape index (κ3) is 3.31. The predicted octanol–water partition coefficient (Wildman–Crippen LogP) is 3.36. The molecular weight excluding hydrogens is 369 g/mol. The SMILES string of the molecule is O=C(Cn1c(=O)c2cccn2c2ccc(F)cc21)NCc1ccc(Cl)cc1. The third-order valence-corrected chi connectivity index (χ3v) is 4.66. The third-order valence-electron chi connectivity index (χ3n) is 4.41. The van der Waals surface area contributed by atoms with E-state index in [1.807, 2.05) is 12.1 Å². The van der Waals surface area contributed by atoms with E-state index in [4.69, 9.17) is 11.6 Å². The molecule has 4 aromatic rings. The van der Waals surface area contributed by atoms with Gasteiger partial charge in [-0.3, -0.25) is 14.2 Å². The number of benzene rings is 2. The monoisotopic (exact) mass is 383 g/mol. The molecule has 1 amide bonds. The Hall–Kier alpha value is -3.12. The molecule has 2 heterocycles. The molecule has 7 heteroatoms. The van der Waals surface area contributed by atoms with Crippen molar-refractivity contribution in [2.24, 2.45) is 0 Å². The molecule has 0 bridgehead atoms. The number of rotatable bonds is 4. The van der Waals surface area contributed by atoms with Gasteiger partial charge in [-0.2, -0.15) is 0 Å². The molecule has 0 saturated carbocycles. The van der Waals surface area contributed by atoms with Crippen molar-refractivity contribution in [3.8, 4) is 0 Å². The van der Waals surface area contributed by atoms with Crippen molar-refractivity contribution < 1.29 is 9.18 Å². The summed E-state index contributed by atoms with van der Waals surface area (Å²) in [5.41, 5.74) is 1.99. The average Bonchev–Trinajstić information content (AvgIpc) is 3.14. The molecule has 0 aliphatic rings. The van der Waals surface area contributed by atoms with Crippen LogP contribution in [0.2, 0.25) is 5.02 Å².